The molecule has 1 saturated heterocycles. The van der Waals surface area contributed by atoms with Gasteiger partial charge in [-0.2, -0.15) is 5.26 Å². The summed E-state index contributed by atoms with van der Waals surface area (Å²) in [5, 5.41) is 18.2. The van der Waals surface area contributed by atoms with E-state index >= 15 is 0 Å². The lowest BCUT2D eigenvalue weighted by molar-refractivity contribution is -0.145. The third-order valence-corrected chi connectivity index (χ3v) is 6.67. The number of hydrogen-bond donors (Lipinski definition) is 1. The van der Waals surface area contributed by atoms with Crippen LogP contribution in [0.5, 0.6) is 0 Å². The Balaban J connectivity index is 1.86. The molecule has 0 aromatic carbocycles. The Morgan fingerprint density at radius 2 is 1.65 bits per heavy atom. The average molecular weight is 255 g/mol. The predicted octanol–water partition coefficient (Wildman–Crippen LogP) is 0.282. The number of fused-ring (bicyclic) bond motifs is 4. The van der Waals surface area contributed by atoms with Crippen LogP contribution in [0.2, 0.25) is 0 Å². The van der Waals surface area contributed by atoms with E-state index in [2.05, 4.69) is 0 Å². The molecular formula is C11H13NO4S. The molecule has 1 aliphatic heterocycles. The Labute approximate surface area is 99.3 Å². The van der Waals surface area contributed by atoms with E-state index in [0.717, 1.165) is 0 Å². The average Bonchev–Trinajstić information content (AvgIpc) is 2.73. The molecule has 4 atom stereocenters. The number of rotatable bonds is 1. The second-order valence-electron chi connectivity index (χ2n) is 5.64. The van der Waals surface area contributed by atoms with Gasteiger partial charge in [0.25, 0.3) is 0 Å². The maximum Gasteiger partial charge on any atom is 0.324 e. The van der Waals surface area contributed by atoms with Crippen molar-refractivity contribution in [3.63, 3.8) is 0 Å². The third kappa shape index (κ3) is 1.29. The molecule has 1 N–H and O–H groups in total. The van der Waals surface area contributed by atoms with E-state index in [1.54, 1.807) is 0 Å². The molecule has 5 nitrogen and oxygen atoms in total. The molecule has 0 radical (unpaired) electrons. The van der Waals surface area contributed by atoms with Gasteiger partial charge in [-0.1, -0.05) is 0 Å². The zero-order valence-corrected chi connectivity index (χ0v) is 9.98. The van der Waals surface area contributed by atoms with Crippen LogP contribution in [0.3, 0.4) is 0 Å². The van der Waals surface area contributed by atoms with E-state index in [9.17, 15) is 13.2 Å². The zero-order valence-electron chi connectivity index (χ0n) is 9.17. The first kappa shape index (κ1) is 11.0. The van der Waals surface area contributed by atoms with Crippen LogP contribution in [0.4, 0.5) is 0 Å². The number of sulfone groups is 1. The summed E-state index contributed by atoms with van der Waals surface area (Å²) in [5.41, 5.74) is -1.26. The van der Waals surface area contributed by atoms with Gasteiger partial charge in [-0.3, -0.25) is 4.79 Å². The van der Waals surface area contributed by atoms with Crippen molar-refractivity contribution >= 4 is 15.8 Å². The number of carbonyl (C=O) groups is 1. The molecule has 4 unspecified atom stereocenters. The van der Waals surface area contributed by atoms with Gasteiger partial charge in [0.2, 0.25) is 0 Å². The monoisotopic (exact) mass is 255 g/mol. The fourth-order valence-corrected chi connectivity index (χ4v) is 6.38. The van der Waals surface area contributed by atoms with Gasteiger partial charge in [-0.25, -0.2) is 8.42 Å². The van der Waals surface area contributed by atoms with Crippen LogP contribution >= 0.6 is 0 Å². The lowest BCUT2D eigenvalue weighted by atomic mass is 9.60. The first-order chi connectivity index (χ1) is 7.88. The largest absolute Gasteiger partial charge is 0.480 e. The number of hydrogen-bond acceptors (Lipinski definition) is 4. The summed E-state index contributed by atoms with van der Waals surface area (Å²) < 4.78 is 23.0. The number of aliphatic carboxylic acids is 1. The van der Waals surface area contributed by atoms with Crippen molar-refractivity contribution in [1.82, 2.24) is 0 Å². The summed E-state index contributed by atoms with van der Waals surface area (Å²) in [6.45, 7) is 0. The first-order valence-corrected chi connectivity index (χ1v) is 7.56. The standard InChI is InChI=1S/C11H13NO4S/c12-5-11(10(13)14)1-6-7(2-11)9-4-17(15,16)3-8(6)9/h6-9H,1-4H2,(H,13,14). The molecule has 1 heterocycles. The van der Waals surface area contributed by atoms with Gasteiger partial charge in [-0.15, -0.1) is 0 Å². The predicted molar refractivity (Wildman–Crippen MR) is 57.5 cm³/mol. The SMILES string of the molecule is N#CC1(C(=O)O)CC2C(C1)C1CS(=O)(=O)CC21. The summed E-state index contributed by atoms with van der Waals surface area (Å²) in [5.74, 6) is -0.171. The Bertz CT molecular complexity index is 506. The summed E-state index contributed by atoms with van der Waals surface area (Å²) in [4.78, 5) is 11.2. The van der Waals surface area contributed by atoms with Crippen molar-refractivity contribution in [3.8, 4) is 6.07 Å². The molecule has 92 valence electrons. The maximum atomic E-state index is 11.5. The number of nitrogens with zero attached hydrogens (tertiary/aromatic N) is 1. The first-order valence-electron chi connectivity index (χ1n) is 5.74. The van der Waals surface area contributed by atoms with Crippen LogP contribution < -0.4 is 0 Å². The molecule has 0 bridgehead atoms. The maximum absolute atomic E-state index is 11.5. The summed E-state index contributed by atoms with van der Waals surface area (Å²) in [6.07, 6.45) is 0.667. The van der Waals surface area contributed by atoms with Gasteiger partial charge in [0.05, 0.1) is 17.6 Å². The number of carboxylic acids is 1. The molecule has 17 heavy (non-hydrogen) atoms. The highest BCUT2D eigenvalue weighted by Crippen LogP contribution is 2.63. The molecule has 3 rings (SSSR count). The highest BCUT2D eigenvalue weighted by atomic mass is 32.2. The molecule has 0 aromatic heterocycles. The number of nitriles is 1. The van der Waals surface area contributed by atoms with Gasteiger partial charge >= 0.3 is 5.97 Å². The third-order valence-electron chi connectivity index (χ3n) is 4.88. The summed E-state index contributed by atoms with van der Waals surface area (Å²) >= 11 is 0. The van der Waals surface area contributed by atoms with Crippen molar-refractivity contribution in [1.29, 1.82) is 5.26 Å². The second-order valence-corrected chi connectivity index (χ2v) is 7.79. The van der Waals surface area contributed by atoms with Crippen LogP contribution in [-0.4, -0.2) is 31.0 Å². The number of carboxylic acid groups (broad SMARTS) is 1. The lowest BCUT2D eigenvalue weighted by Crippen LogP contribution is -2.42. The van der Waals surface area contributed by atoms with Crippen LogP contribution in [0.25, 0.3) is 0 Å². The van der Waals surface area contributed by atoms with Crippen molar-refractivity contribution in [2.24, 2.45) is 29.1 Å². The zero-order chi connectivity index (χ0) is 12.4. The van der Waals surface area contributed by atoms with E-state index < -0.39 is 21.2 Å². The van der Waals surface area contributed by atoms with E-state index in [1.165, 1.54) is 0 Å². The minimum Gasteiger partial charge on any atom is -0.480 e. The van der Waals surface area contributed by atoms with Crippen molar-refractivity contribution in [3.05, 3.63) is 0 Å². The van der Waals surface area contributed by atoms with E-state index in [0.29, 0.717) is 12.8 Å². The Morgan fingerprint density at radius 3 is 2.00 bits per heavy atom. The van der Waals surface area contributed by atoms with Gasteiger partial charge < -0.3 is 5.11 Å². The van der Waals surface area contributed by atoms with Gasteiger partial charge in [0.1, 0.15) is 0 Å². The second kappa shape index (κ2) is 3.02. The molecular weight excluding hydrogens is 242 g/mol. The molecule has 2 saturated carbocycles. The van der Waals surface area contributed by atoms with Gasteiger partial charge in [0.15, 0.2) is 15.3 Å². The molecule has 0 amide bonds. The fraction of sp³-hybridized carbons (Fsp3) is 0.818. The summed E-state index contributed by atoms with van der Waals surface area (Å²) in [7, 11) is -2.92. The van der Waals surface area contributed by atoms with E-state index in [4.69, 9.17) is 10.4 Å². The smallest absolute Gasteiger partial charge is 0.324 e. The van der Waals surface area contributed by atoms with E-state index in [-0.39, 0.29) is 35.2 Å². The quantitative estimate of drug-likeness (QED) is 0.726. The van der Waals surface area contributed by atoms with Gasteiger partial charge in [0, 0.05) is 0 Å². The minimum atomic E-state index is -2.92. The molecule has 3 fully saturated rings. The van der Waals surface area contributed by atoms with Crippen LogP contribution in [0.15, 0.2) is 0 Å². The molecule has 0 spiro atoms. The van der Waals surface area contributed by atoms with Crippen molar-refractivity contribution in [2.75, 3.05) is 11.5 Å². The van der Waals surface area contributed by atoms with Crippen LogP contribution in [0, 0.1) is 40.4 Å². The highest BCUT2D eigenvalue weighted by molar-refractivity contribution is 7.91. The minimum absolute atomic E-state index is 0.111. The Hall–Kier alpha value is -1.09. The van der Waals surface area contributed by atoms with E-state index in [1.807, 2.05) is 6.07 Å². The lowest BCUT2D eigenvalue weighted by Gasteiger charge is -2.43. The van der Waals surface area contributed by atoms with Crippen LogP contribution in [-0.2, 0) is 14.6 Å². The highest BCUT2D eigenvalue weighted by Gasteiger charge is 2.65. The normalized spacial score (nSPS) is 49.8. The fourth-order valence-electron chi connectivity index (χ4n) is 4.08. The topological polar surface area (TPSA) is 95.2 Å². The Kier molecular flexibility index (Phi) is 1.96. The van der Waals surface area contributed by atoms with Crippen molar-refractivity contribution in [2.45, 2.75) is 12.8 Å². The van der Waals surface area contributed by atoms with Crippen molar-refractivity contribution < 1.29 is 18.3 Å². The molecule has 6 heteroatoms. The molecule has 3 aliphatic rings. The molecule has 2 aliphatic carbocycles. The van der Waals surface area contributed by atoms with Gasteiger partial charge in [-0.05, 0) is 36.5 Å². The summed E-state index contributed by atoms with van der Waals surface area (Å²) in [6, 6.07) is 1.94. The molecule has 0 aromatic rings. The Morgan fingerprint density at radius 1 is 1.18 bits per heavy atom. The van der Waals surface area contributed by atoms with Crippen LogP contribution in [0.1, 0.15) is 12.8 Å².